The van der Waals surface area contributed by atoms with E-state index in [-0.39, 0.29) is 24.3 Å². The maximum Gasteiger partial charge on any atom is 0.251 e. The maximum absolute atomic E-state index is 14.5. The van der Waals surface area contributed by atoms with Crippen LogP contribution in [-0.4, -0.2) is 94.0 Å². The Balaban J connectivity index is 1.60. The highest BCUT2D eigenvalue weighted by molar-refractivity contribution is 8.02. The third-order valence-electron chi connectivity index (χ3n) is 8.73. The van der Waals surface area contributed by atoms with Gasteiger partial charge in [0.2, 0.25) is 11.8 Å². The van der Waals surface area contributed by atoms with E-state index in [0.717, 1.165) is 24.5 Å². The summed E-state index contributed by atoms with van der Waals surface area (Å²) < 4.78 is -1.54. The summed E-state index contributed by atoms with van der Waals surface area (Å²) in [7, 11) is 1.76. The monoisotopic (exact) mass is 538 g/mol. The molecule has 204 valence electrons. The van der Waals surface area contributed by atoms with E-state index >= 15 is 0 Å². The van der Waals surface area contributed by atoms with E-state index in [2.05, 4.69) is 18.7 Å². The number of thioether (sulfide) groups is 1. The highest BCUT2D eigenvalue weighted by Gasteiger charge is 2.74. The molecule has 38 heavy (non-hydrogen) atoms. The number of amides is 3. The Bertz CT molecular complexity index is 1180. The van der Waals surface area contributed by atoms with Crippen molar-refractivity contribution in [2.24, 2.45) is 11.8 Å². The molecule has 1 spiro atoms. The van der Waals surface area contributed by atoms with E-state index in [0.29, 0.717) is 13.1 Å². The molecule has 4 heterocycles. The second-order valence-corrected chi connectivity index (χ2v) is 12.7. The van der Waals surface area contributed by atoms with Crippen molar-refractivity contribution in [1.82, 2.24) is 9.80 Å². The van der Waals surface area contributed by atoms with E-state index in [4.69, 9.17) is 0 Å². The number of carbonyl (C=O) groups excluding carboxylic acids is 3. The molecule has 0 bridgehead atoms. The average Bonchev–Trinajstić information content (AvgIpc) is 3.19. The van der Waals surface area contributed by atoms with Crippen LogP contribution >= 0.6 is 11.8 Å². The number of carbonyl (C=O) groups is 3. The van der Waals surface area contributed by atoms with Crippen LogP contribution in [0.15, 0.2) is 48.6 Å². The first kappa shape index (κ1) is 26.8. The smallest absolute Gasteiger partial charge is 0.251 e. The summed E-state index contributed by atoms with van der Waals surface area (Å²) in [6.45, 7) is 10.4. The Morgan fingerprint density at radius 2 is 1.66 bits per heavy atom. The molecule has 2 saturated heterocycles. The fraction of sp³-hybridized carbons (Fsp3) is 0.552. The van der Waals surface area contributed by atoms with Crippen LogP contribution in [0.4, 0.5) is 11.4 Å². The van der Waals surface area contributed by atoms with Gasteiger partial charge in [-0.15, -0.1) is 11.8 Å². The molecule has 3 amide bonds. The predicted molar refractivity (Wildman–Crippen MR) is 151 cm³/mol. The number of anilines is 2. The predicted octanol–water partition coefficient (Wildman–Crippen LogP) is 2.53. The number of likely N-dealkylation sites (N-methyl/N-ethyl adjacent to an activating group) is 1. The van der Waals surface area contributed by atoms with Crippen molar-refractivity contribution in [2.45, 2.75) is 49.3 Å². The number of benzene rings is 1. The Morgan fingerprint density at radius 3 is 2.29 bits per heavy atom. The fourth-order valence-corrected chi connectivity index (χ4v) is 8.95. The summed E-state index contributed by atoms with van der Waals surface area (Å²) in [6, 6.07) is 6.58. The Labute approximate surface area is 229 Å². The molecule has 2 fully saturated rings. The molecule has 1 unspecified atom stereocenters. The van der Waals surface area contributed by atoms with Crippen molar-refractivity contribution in [1.29, 1.82) is 0 Å². The molecular weight excluding hydrogens is 500 g/mol. The molecule has 4 aliphatic rings. The molecule has 9 heteroatoms. The molecular formula is C29H38N4O4S. The first-order valence-electron chi connectivity index (χ1n) is 13.5. The minimum Gasteiger partial charge on any atom is -0.394 e. The SMILES string of the molecule is CCN(CC)c1ccc(N2CC=C[C@]34S[C@]5(C)C=CCN(C)C(=O)[C@@H]5[C@H]3C(=O)N([C@H](C)CO)C4C2=O)cc1. The van der Waals surface area contributed by atoms with Gasteiger partial charge in [0.1, 0.15) is 6.04 Å². The standard InChI is InChI=1S/C29H38N4O4S/c1-6-31(7-2)20-10-12-21(13-11-20)32-17-9-15-29-23(26(36)33(19(3)18-34)24(29)27(32)37)22-25(35)30(5)16-8-14-28(22,4)38-29/h8-15,19,22-24,34H,6-7,16-18H2,1-5H3/t19-,22+,23+,24?,28-,29+/m1/s1. The second-order valence-electron chi connectivity index (χ2n) is 10.9. The number of aliphatic hydroxyl groups excluding tert-OH is 1. The average molecular weight is 539 g/mol. The van der Waals surface area contributed by atoms with Gasteiger partial charge in [-0.3, -0.25) is 14.4 Å². The lowest BCUT2D eigenvalue weighted by molar-refractivity contribution is -0.144. The molecule has 0 radical (unpaired) electrons. The van der Waals surface area contributed by atoms with E-state index in [1.54, 1.807) is 40.4 Å². The quantitative estimate of drug-likeness (QED) is 0.561. The number of fused-ring (bicyclic) bond motifs is 2. The summed E-state index contributed by atoms with van der Waals surface area (Å²) >= 11 is 1.56. The van der Waals surface area contributed by atoms with Gasteiger partial charge in [0.25, 0.3) is 5.91 Å². The first-order valence-corrected chi connectivity index (χ1v) is 14.3. The lowest BCUT2D eigenvalue weighted by Gasteiger charge is -2.38. The fourth-order valence-electron chi connectivity index (χ4n) is 6.81. The summed E-state index contributed by atoms with van der Waals surface area (Å²) in [5.41, 5.74) is 1.85. The molecule has 1 aromatic carbocycles. The van der Waals surface area contributed by atoms with Crippen LogP contribution in [0.1, 0.15) is 27.7 Å². The van der Waals surface area contributed by atoms with Crippen LogP contribution < -0.4 is 9.80 Å². The number of rotatable bonds is 6. The van der Waals surface area contributed by atoms with Crippen LogP contribution in [0.25, 0.3) is 0 Å². The molecule has 5 rings (SSSR count). The van der Waals surface area contributed by atoms with Crippen LogP contribution in [0.5, 0.6) is 0 Å². The van der Waals surface area contributed by atoms with Gasteiger partial charge in [0.15, 0.2) is 0 Å². The summed E-state index contributed by atoms with van der Waals surface area (Å²) in [4.78, 5) is 49.5. The van der Waals surface area contributed by atoms with Gasteiger partial charge in [0, 0.05) is 49.3 Å². The molecule has 1 aromatic rings. The summed E-state index contributed by atoms with van der Waals surface area (Å²) in [5.74, 6) is -1.78. The van der Waals surface area contributed by atoms with Crippen LogP contribution in [0.3, 0.4) is 0 Å². The van der Waals surface area contributed by atoms with Crippen molar-refractivity contribution in [3.05, 3.63) is 48.6 Å². The van der Waals surface area contributed by atoms with Crippen molar-refractivity contribution in [3.8, 4) is 0 Å². The molecule has 8 nitrogen and oxygen atoms in total. The van der Waals surface area contributed by atoms with E-state index in [9.17, 15) is 19.5 Å². The number of hydrogen-bond donors (Lipinski definition) is 1. The van der Waals surface area contributed by atoms with Gasteiger partial charge in [-0.2, -0.15) is 0 Å². The van der Waals surface area contributed by atoms with Crippen molar-refractivity contribution < 1.29 is 19.5 Å². The van der Waals surface area contributed by atoms with Gasteiger partial charge in [0.05, 0.1) is 29.2 Å². The third kappa shape index (κ3) is 3.80. The molecule has 0 aliphatic carbocycles. The normalized spacial score (nSPS) is 33.2. The lowest BCUT2D eigenvalue weighted by Crippen LogP contribution is -2.56. The van der Waals surface area contributed by atoms with Crippen LogP contribution in [0, 0.1) is 11.8 Å². The van der Waals surface area contributed by atoms with Crippen molar-refractivity contribution in [2.75, 3.05) is 49.6 Å². The first-order chi connectivity index (χ1) is 18.1. The van der Waals surface area contributed by atoms with Gasteiger partial charge in [-0.05, 0) is 52.0 Å². The lowest BCUT2D eigenvalue weighted by atomic mass is 9.74. The highest BCUT2D eigenvalue weighted by atomic mass is 32.2. The van der Waals surface area contributed by atoms with Crippen LogP contribution in [-0.2, 0) is 14.4 Å². The minimum absolute atomic E-state index is 0.0774. The van der Waals surface area contributed by atoms with E-state index < -0.39 is 33.4 Å². The van der Waals surface area contributed by atoms with Gasteiger partial charge in [-0.1, -0.05) is 24.3 Å². The number of aliphatic hydroxyl groups is 1. The van der Waals surface area contributed by atoms with Gasteiger partial charge in [-0.25, -0.2) is 0 Å². The third-order valence-corrected chi connectivity index (χ3v) is 10.5. The number of likely N-dealkylation sites (tertiary alicyclic amines) is 1. The molecule has 0 aromatic heterocycles. The summed E-state index contributed by atoms with van der Waals surface area (Å²) in [5, 5.41) is 10.1. The Hall–Kier alpha value is -2.78. The number of hydrogen-bond acceptors (Lipinski definition) is 6. The zero-order valence-corrected chi connectivity index (χ0v) is 23.6. The largest absolute Gasteiger partial charge is 0.394 e. The van der Waals surface area contributed by atoms with Crippen LogP contribution in [0.2, 0.25) is 0 Å². The van der Waals surface area contributed by atoms with E-state index in [1.807, 2.05) is 55.5 Å². The Kier molecular flexibility index (Phi) is 6.88. The number of nitrogens with zero attached hydrogens (tertiary/aromatic N) is 4. The zero-order valence-electron chi connectivity index (χ0n) is 22.8. The molecule has 1 N–H and O–H groups in total. The zero-order chi connectivity index (χ0) is 27.4. The van der Waals surface area contributed by atoms with Crippen molar-refractivity contribution in [3.63, 3.8) is 0 Å². The van der Waals surface area contributed by atoms with Gasteiger partial charge >= 0.3 is 0 Å². The molecule has 4 aliphatic heterocycles. The topological polar surface area (TPSA) is 84.4 Å². The second kappa shape index (κ2) is 9.75. The maximum atomic E-state index is 14.5. The molecule has 0 saturated carbocycles. The van der Waals surface area contributed by atoms with Crippen molar-refractivity contribution >= 4 is 40.9 Å². The van der Waals surface area contributed by atoms with E-state index in [1.165, 1.54) is 0 Å². The minimum atomic E-state index is -0.912. The highest BCUT2D eigenvalue weighted by Crippen LogP contribution is 2.65. The molecule has 6 atom stereocenters. The summed E-state index contributed by atoms with van der Waals surface area (Å²) in [6.07, 6.45) is 8.03. The van der Waals surface area contributed by atoms with Gasteiger partial charge < -0.3 is 24.7 Å². The Morgan fingerprint density at radius 1 is 1.00 bits per heavy atom.